The lowest BCUT2D eigenvalue weighted by Gasteiger charge is -2.10. The summed E-state index contributed by atoms with van der Waals surface area (Å²) in [7, 11) is 0. The molecule has 2 aromatic carbocycles. The molecule has 0 saturated carbocycles. The number of nitrogens with zero attached hydrogens (tertiary/aromatic N) is 2. The number of aryl methyl sites for hydroxylation is 1. The highest BCUT2D eigenvalue weighted by Crippen LogP contribution is 2.13. The molecule has 0 N–H and O–H groups in total. The molecule has 4 nitrogen and oxygen atoms in total. The Morgan fingerprint density at radius 1 is 0.920 bits per heavy atom. The van der Waals surface area contributed by atoms with Crippen molar-refractivity contribution in [1.29, 1.82) is 0 Å². The van der Waals surface area contributed by atoms with Crippen molar-refractivity contribution < 1.29 is 9.57 Å². The molecule has 0 atom stereocenters. The second kappa shape index (κ2) is 8.64. The van der Waals surface area contributed by atoms with Crippen molar-refractivity contribution in [3.8, 4) is 5.88 Å². The highest BCUT2D eigenvalue weighted by Gasteiger charge is 2.08. The number of aromatic nitrogens is 1. The van der Waals surface area contributed by atoms with Crippen molar-refractivity contribution in [1.82, 2.24) is 4.98 Å². The fraction of sp³-hybridized carbons (Fsp3) is 0.143. The van der Waals surface area contributed by atoms with Crippen LogP contribution in [-0.4, -0.2) is 17.3 Å². The molecule has 0 spiro atoms. The molecule has 0 fully saturated rings. The lowest BCUT2D eigenvalue weighted by atomic mass is 10.1. The van der Waals surface area contributed by atoms with Crippen LogP contribution in [0.3, 0.4) is 0 Å². The fourth-order valence-electron chi connectivity index (χ4n) is 2.31. The van der Waals surface area contributed by atoms with E-state index in [-0.39, 0.29) is 6.61 Å². The Labute approximate surface area is 147 Å². The zero-order chi connectivity index (χ0) is 17.3. The topological polar surface area (TPSA) is 43.7 Å². The van der Waals surface area contributed by atoms with E-state index in [1.54, 1.807) is 6.20 Å². The van der Waals surface area contributed by atoms with E-state index < -0.39 is 0 Å². The molecule has 0 bridgehead atoms. The molecule has 0 radical (unpaired) electrons. The van der Waals surface area contributed by atoms with Crippen molar-refractivity contribution >= 4 is 5.71 Å². The maximum Gasteiger partial charge on any atom is 0.216 e. The summed E-state index contributed by atoms with van der Waals surface area (Å²) in [5.74, 6) is 0.606. The van der Waals surface area contributed by atoms with Crippen molar-refractivity contribution in [3.05, 3.63) is 95.7 Å². The average molecular weight is 332 g/mol. The molecule has 0 unspecified atom stereocenters. The highest BCUT2D eigenvalue weighted by molar-refractivity contribution is 6.01. The van der Waals surface area contributed by atoms with Gasteiger partial charge in [0.2, 0.25) is 5.88 Å². The van der Waals surface area contributed by atoms with Crippen molar-refractivity contribution in [2.24, 2.45) is 5.16 Å². The van der Waals surface area contributed by atoms with E-state index in [0.29, 0.717) is 12.5 Å². The van der Waals surface area contributed by atoms with Crippen LogP contribution in [0.5, 0.6) is 5.88 Å². The number of ether oxygens (including phenoxy) is 1. The first-order valence-corrected chi connectivity index (χ1v) is 8.15. The molecule has 1 heterocycles. The predicted octanol–water partition coefficient (Wildman–Crippen LogP) is 4.39. The van der Waals surface area contributed by atoms with Gasteiger partial charge >= 0.3 is 0 Å². The van der Waals surface area contributed by atoms with Gasteiger partial charge in [0.15, 0.2) is 0 Å². The maximum atomic E-state index is 5.83. The first-order valence-electron chi connectivity index (χ1n) is 8.15. The normalized spacial score (nSPS) is 11.2. The Morgan fingerprint density at radius 2 is 1.64 bits per heavy atom. The summed E-state index contributed by atoms with van der Waals surface area (Å²) in [6.45, 7) is 2.67. The van der Waals surface area contributed by atoms with Gasteiger partial charge in [0.25, 0.3) is 0 Å². The quantitative estimate of drug-likeness (QED) is 0.476. The molecule has 0 aliphatic heterocycles. The number of oxime groups is 1. The highest BCUT2D eigenvalue weighted by atomic mass is 16.6. The van der Waals surface area contributed by atoms with Gasteiger partial charge in [-0.25, -0.2) is 4.98 Å². The molecule has 0 saturated heterocycles. The smallest absolute Gasteiger partial charge is 0.216 e. The van der Waals surface area contributed by atoms with Crippen LogP contribution in [0.2, 0.25) is 0 Å². The van der Waals surface area contributed by atoms with E-state index in [1.807, 2.05) is 79.7 Å². The Morgan fingerprint density at radius 3 is 2.36 bits per heavy atom. The van der Waals surface area contributed by atoms with Crippen LogP contribution in [0.1, 0.15) is 16.7 Å². The van der Waals surface area contributed by atoms with Gasteiger partial charge in [0.05, 0.1) is 0 Å². The van der Waals surface area contributed by atoms with Crippen LogP contribution in [0.4, 0.5) is 0 Å². The van der Waals surface area contributed by atoms with Gasteiger partial charge < -0.3 is 9.57 Å². The number of pyridine rings is 1. The lowest BCUT2D eigenvalue weighted by Crippen LogP contribution is -2.14. The third kappa shape index (κ3) is 4.91. The van der Waals surface area contributed by atoms with Crippen molar-refractivity contribution in [3.63, 3.8) is 0 Å². The fourth-order valence-corrected chi connectivity index (χ4v) is 2.31. The zero-order valence-corrected chi connectivity index (χ0v) is 14.1. The van der Waals surface area contributed by atoms with Crippen molar-refractivity contribution in [2.75, 3.05) is 6.61 Å². The first kappa shape index (κ1) is 16.7. The van der Waals surface area contributed by atoms with E-state index in [0.717, 1.165) is 22.4 Å². The molecule has 0 aliphatic carbocycles. The van der Waals surface area contributed by atoms with Gasteiger partial charge in [-0.3, -0.25) is 0 Å². The standard InChI is InChI=1S/C21H20N2O2/c1-17-9-8-14-22-21(17)24-16-20(19-12-6-3-7-13-19)23-25-15-18-10-4-2-5-11-18/h2-14H,15-16H2,1H3/b23-20-. The monoisotopic (exact) mass is 332 g/mol. The van der Waals surface area contributed by atoms with E-state index in [2.05, 4.69) is 10.1 Å². The summed E-state index contributed by atoms with van der Waals surface area (Å²) >= 11 is 0. The van der Waals surface area contributed by atoms with E-state index in [1.165, 1.54) is 0 Å². The zero-order valence-electron chi connectivity index (χ0n) is 14.1. The second-order valence-corrected chi connectivity index (χ2v) is 5.58. The minimum absolute atomic E-state index is 0.288. The van der Waals surface area contributed by atoms with Gasteiger partial charge in [-0.05, 0) is 18.6 Å². The summed E-state index contributed by atoms with van der Waals surface area (Å²) in [6, 6.07) is 23.7. The molecule has 1 aromatic heterocycles. The molecule has 0 amide bonds. The third-order valence-electron chi connectivity index (χ3n) is 3.66. The minimum atomic E-state index is 0.288. The summed E-state index contributed by atoms with van der Waals surface area (Å²) in [6.07, 6.45) is 1.72. The SMILES string of the molecule is Cc1cccnc1OC/C(=N/OCc1ccccc1)c1ccccc1. The van der Waals surface area contributed by atoms with E-state index in [4.69, 9.17) is 9.57 Å². The molecule has 3 rings (SSSR count). The van der Waals surface area contributed by atoms with Gasteiger partial charge in [0, 0.05) is 17.3 Å². The number of hydrogen-bond donors (Lipinski definition) is 0. The molecule has 25 heavy (non-hydrogen) atoms. The van der Waals surface area contributed by atoms with Gasteiger partial charge in [-0.2, -0.15) is 0 Å². The van der Waals surface area contributed by atoms with Crippen LogP contribution in [0, 0.1) is 6.92 Å². The van der Waals surface area contributed by atoms with Crippen LogP contribution < -0.4 is 4.74 Å². The van der Waals surface area contributed by atoms with Gasteiger partial charge in [0.1, 0.15) is 18.9 Å². The largest absolute Gasteiger partial charge is 0.471 e. The Kier molecular flexibility index (Phi) is 5.77. The Balaban J connectivity index is 1.71. The summed E-state index contributed by atoms with van der Waals surface area (Å²) in [5.41, 5.74) is 3.74. The molecule has 0 aliphatic rings. The van der Waals surface area contributed by atoms with Gasteiger partial charge in [-0.1, -0.05) is 71.9 Å². The average Bonchev–Trinajstić information content (AvgIpc) is 2.67. The minimum Gasteiger partial charge on any atom is -0.471 e. The maximum absolute atomic E-state index is 5.83. The van der Waals surface area contributed by atoms with Crippen LogP contribution >= 0.6 is 0 Å². The third-order valence-corrected chi connectivity index (χ3v) is 3.66. The summed E-state index contributed by atoms with van der Waals surface area (Å²) < 4.78 is 5.83. The van der Waals surface area contributed by atoms with E-state index >= 15 is 0 Å². The van der Waals surface area contributed by atoms with Crippen LogP contribution in [0.25, 0.3) is 0 Å². The van der Waals surface area contributed by atoms with Crippen LogP contribution in [0.15, 0.2) is 84.1 Å². The number of rotatable bonds is 7. The molecule has 126 valence electrons. The van der Waals surface area contributed by atoms with E-state index in [9.17, 15) is 0 Å². The second-order valence-electron chi connectivity index (χ2n) is 5.58. The lowest BCUT2D eigenvalue weighted by molar-refractivity contribution is 0.129. The number of benzene rings is 2. The molecular weight excluding hydrogens is 312 g/mol. The molecular formula is C21H20N2O2. The first-order chi connectivity index (χ1) is 12.3. The van der Waals surface area contributed by atoms with Gasteiger partial charge in [-0.15, -0.1) is 0 Å². The van der Waals surface area contributed by atoms with Crippen LogP contribution in [-0.2, 0) is 11.4 Å². The predicted molar refractivity (Wildman–Crippen MR) is 98.7 cm³/mol. The molecule has 3 aromatic rings. The number of hydrogen-bond acceptors (Lipinski definition) is 4. The summed E-state index contributed by atoms with van der Waals surface area (Å²) in [4.78, 5) is 9.80. The van der Waals surface area contributed by atoms with Crippen molar-refractivity contribution in [2.45, 2.75) is 13.5 Å². The molecule has 4 heteroatoms. The Hall–Kier alpha value is -3.14. The Bertz CT molecular complexity index is 818. The summed E-state index contributed by atoms with van der Waals surface area (Å²) in [5, 5.41) is 4.30.